The summed E-state index contributed by atoms with van der Waals surface area (Å²) in [6.07, 6.45) is 8.40. The number of carbonyl (C=O) groups excluding carboxylic acids is 1. The van der Waals surface area contributed by atoms with Crippen LogP contribution < -0.4 is 10.2 Å². The van der Waals surface area contributed by atoms with Crippen molar-refractivity contribution in [3.05, 3.63) is 23.9 Å². The zero-order chi connectivity index (χ0) is 13.9. The van der Waals surface area contributed by atoms with Gasteiger partial charge in [-0.2, -0.15) is 0 Å². The smallest absolute Gasteiger partial charge is 0.252 e. The van der Waals surface area contributed by atoms with Crippen molar-refractivity contribution in [3.63, 3.8) is 0 Å². The number of hydrogen-bond donors (Lipinski definition) is 1. The first-order chi connectivity index (χ1) is 9.79. The third-order valence-electron chi connectivity index (χ3n) is 4.65. The van der Waals surface area contributed by atoms with Crippen LogP contribution in [-0.4, -0.2) is 30.0 Å². The SMILES string of the molecule is CCNC(=O)c1ccc(N2CCC3CCCCC32)nc1. The van der Waals surface area contributed by atoms with Gasteiger partial charge in [0, 0.05) is 25.3 Å². The second kappa shape index (κ2) is 5.81. The predicted octanol–water partition coefficient (Wildman–Crippen LogP) is 2.60. The van der Waals surface area contributed by atoms with Crippen molar-refractivity contribution in [2.24, 2.45) is 5.92 Å². The van der Waals surface area contributed by atoms with Gasteiger partial charge in [-0.05, 0) is 44.2 Å². The Morgan fingerprint density at radius 2 is 2.20 bits per heavy atom. The van der Waals surface area contributed by atoms with E-state index in [0.29, 0.717) is 18.2 Å². The van der Waals surface area contributed by atoms with Crippen molar-refractivity contribution in [1.82, 2.24) is 10.3 Å². The Balaban J connectivity index is 1.73. The fourth-order valence-electron chi connectivity index (χ4n) is 3.64. The zero-order valence-corrected chi connectivity index (χ0v) is 12.1. The maximum atomic E-state index is 11.7. The van der Waals surface area contributed by atoms with E-state index in [9.17, 15) is 4.79 Å². The molecule has 1 saturated carbocycles. The van der Waals surface area contributed by atoms with E-state index in [2.05, 4.69) is 15.2 Å². The average Bonchev–Trinajstić information content (AvgIpc) is 2.92. The van der Waals surface area contributed by atoms with Gasteiger partial charge in [0.15, 0.2) is 0 Å². The molecule has 1 aromatic rings. The van der Waals surface area contributed by atoms with Crippen LogP contribution in [-0.2, 0) is 0 Å². The molecule has 0 aromatic carbocycles. The van der Waals surface area contributed by atoms with Crippen LogP contribution in [0.4, 0.5) is 5.82 Å². The summed E-state index contributed by atoms with van der Waals surface area (Å²) in [4.78, 5) is 18.7. The summed E-state index contributed by atoms with van der Waals surface area (Å²) in [5.41, 5.74) is 0.648. The fourth-order valence-corrected chi connectivity index (χ4v) is 3.64. The Kier molecular flexibility index (Phi) is 3.90. The summed E-state index contributed by atoms with van der Waals surface area (Å²) in [5.74, 6) is 1.85. The van der Waals surface area contributed by atoms with E-state index in [1.54, 1.807) is 6.20 Å². The third kappa shape index (κ3) is 2.51. The standard InChI is InChI=1S/C16H23N3O/c1-2-17-16(20)13-7-8-15(18-11-13)19-10-9-12-5-3-4-6-14(12)19/h7-8,11-12,14H,2-6,9-10H2,1H3,(H,17,20). The molecule has 4 heteroatoms. The molecular formula is C16H23N3O. The molecule has 0 radical (unpaired) electrons. The Morgan fingerprint density at radius 1 is 1.35 bits per heavy atom. The van der Waals surface area contributed by atoms with Crippen molar-refractivity contribution in [2.75, 3.05) is 18.0 Å². The summed E-state index contributed by atoms with van der Waals surface area (Å²) in [5, 5.41) is 2.80. The summed E-state index contributed by atoms with van der Waals surface area (Å²) < 4.78 is 0. The second-order valence-corrected chi connectivity index (χ2v) is 5.86. The molecule has 1 saturated heterocycles. The highest BCUT2D eigenvalue weighted by Crippen LogP contribution is 2.38. The van der Waals surface area contributed by atoms with E-state index in [1.165, 1.54) is 32.1 Å². The summed E-state index contributed by atoms with van der Waals surface area (Å²) >= 11 is 0. The van der Waals surface area contributed by atoms with Crippen LogP contribution in [0.5, 0.6) is 0 Å². The van der Waals surface area contributed by atoms with Gasteiger partial charge in [0.2, 0.25) is 0 Å². The molecular weight excluding hydrogens is 250 g/mol. The molecule has 0 bridgehead atoms. The molecule has 4 nitrogen and oxygen atoms in total. The van der Waals surface area contributed by atoms with Crippen LogP contribution in [0.2, 0.25) is 0 Å². The maximum Gasteiger partial charge on any atom is 0.252 e. The minimum absolute atomic E-state index is 0.0384. The van der Waals surface area contributed by atoms with Gasteiger partial charge in [0.25, 0.3) is 5.91 Å². The molecule has 2 aliphatic rings. The average molecular weight is 273 g/mol. The van der Waals surface area contributed by atoms with Crippen LogP contribution in [0.25, 0.3) is 0 Å². The number of aromatic nitrogens is 1. The molecule has 3 rings (SSSR count). The van der Waals surface area contributed by atoms with Gasteiger partial charge in [-0.3, -0.25) is 4.79 Å². The molecule has 1 aromatic heterocycles. The Labute approximate surface area is 120 Å². The van der Waals surface area contributed by atoms with Crippen molar-refractivity contribution >= 4 is 11.7 Å². The number of anilines is 1. The lowest BCUT2D eigenvalue weighted by atomic mass is 9.85. The summed E-state index contributed by atoms with van der Waals surface area (Å²) in [7, 11) is 0. The lowest BCUT2D eigenvalue weighted by Crippen LogP contribution is -2.35. The van der Waals surface area contributed by atoms with E-state index in [0.717, 1.165) is 18.3 Å². The number of fused-ring (bicyclic) bond motifs is 1. The number of nitrogens with one attached hydrogen (secondary N) is 1. The second-order valence-electron chi connectivity index (χ2n) is 5.86. The summed E-state index contributed by atoms with van der Waals surface area (Å²) in [6.45, 7) is 3.69. The highest BCUT2D eigenvalue weighted by Gasteiger charge is 2.36. The van der Waals surface area contributed by atoms with Crippen LogP contribution >= 0.6 is 0 Å². The molecule has 2 unspecified atom stereocenters. The molecule has 108 valence electrons. The Bertz CT molecular complexity index is 471. The van der Waals surface area contributed by atoms with Crippen LogP contribution in [0.3, 0.4) is 0 Å². The number of carbonyl (C=O) groups is 1. The Hall–Kier alpha value is -1.58. The lowest BCUT2D eigenvalue weighted by molar-refractivity contribution is 0.0955. The monoisotopic (exact) mass is 273 g/mol. The molecule has 2 fully saturated rings. The van der Waals surface area contributed by atoms with Gasteiger partial charge in [0.1, 0.15) is 5.82 Å². The lowest BCUT2D eigenvalue weighted by Gasteiger charge is -2.32. The van der Waals surface area contributed by atoms with Gasteiger partial charge in [-0.1, -0.05) is 12.8 Å². The number of pyridine rings is 1. The highest BCUT2D eigenvalue weighted by molar-refractivity contribution is 5.94. The Morgan fingerprint density at radius 3 is 2.95 bits per heavy atom. The zero-order valence-electron chi connectivity index (χ0n) is 12.1. The number of rotatable bonds is 3. The maximum absolute atomic E-state index is 11.7. The van der Waals surface area contributed by atoms with E-state index in [4.69, 9.17) is 0 Å². The first-order valence-electron chi connectivity index (χ1n) is 7.80. The minimum Gasteiger partial charge on any atom is -0.353 e. The van der Waals surface area contributed by atoms with Crippen LogP contribution in [0, 0.1) is 5.92 Å². The van der Waals surface area contributed by atoms with E-state index >= 15 is 0 Å². The van der Waals surface area contributed by atoms with E-state index < -0.39 is 0 Å². The molecule has 1 amide bonds. The largest absolute Gasteiger partial charge is 0.353 e. The van der Waals surface area contributed by atoms with Gasteiger partial charge >= 0.3 is 0 Å². The summed E-state index contributed by atoms with van der Waals surface area (Å²) in [6, 6.07) is 4.57. The predicted molar refractivity (Wildman–Crippen MR) is 80.0 cm³/mol. The van der Waals surface area contributed by atoms with Gasteiger partial charge in [-0.15, -0.1) is 0 Å². The number of nitrogens with zero attached hydrogens (tertiary/aromatic N) is 2. The normalized spacial score (nSPS) is 25.4. The third-order valence-corrected chi connectivity index (χ3v) is 4.65. The first kappa shape index (κ1) is 13.4. The van der Waals surface area contributed by atoms with Crippen molar-refractivity contribution in [3.8, 4) is 0 Å². The van der Waals surface area contributed by atoms with Gasteiger partial charge in [-0.25, -0.2) is 4.98 Å². The highest BCUT2D eigenvalue weighted by atomic mass is 16.1. The number of amides is 1. The van der Waals surface area contributed by atoms with Crippen molar-refractivity contribution in [1.29, 1.82) is 0 Å². The minimum atomic E-state index is -0.0384. The molecule has 1 aliphatic carbocycles. The van der Waals surface area contributed by atoms with E-state index in [1.807, 2.05) is 19.1 Å². The molecule has 2 atom stereocenters. The van der Waals surface area contributed by atoms with E-state index in [-0.39, 0.29) is 5.91 Å². The van der Waals surface area contributed by atoms with Crippen molar-refractivity contribution in [2.45, 2.75) is 45.1 Å². The number of hydrogen-bond acceptors (Lipinski definition) is 3. The van der Waals surface area contributed by atoms with Crippen LogP contribution in [0.15, 0.2) is 18.3 Å². The quantitative estimate of drug-likeness (QED) is 0.920. The molecule has 0 spiro atoms. The molecule has 2 heterocycles. The molecule has 1 N–H and O–H groups in total. The fraction of sp³-hybridized carbons (Fsp3) is 0.625. The van der Waals surface area contributed by atoms with Gasteiger partial charge in [0.05, 0.1) is 5.56 Å². The van der Waals surface area contributed by atoms with Crippen LogP contribution in [0.1, 0.15) is 49.4 Å². The van der Waals surface area contributed by atoms with Crippen molar-refractivity contribution < 1.29 is 4.79 Å². The first-order valence-corrected chi connectivity index (χ1v) is 7.80. The topological polar surface area (TPSA) is 45.2 Å². The molecule has 20 heavy (non-hydrogen) atoms. The van der Waals surface area contributed by atoms with Gasteiger partial charge < -0.3 is 10.2 Å². The molecule has 1 aliphatic heterocycles.